The molecule has 0 atom stereocenters. The van der Waals surface area contributed by atoms with Gasteiger partial charge in [-0.2, -0.15) is 0 Å². The number of hydrogen-bond acceptors (Lipinski definition) is 4. The molecular formula is C12H19N3O2. The molecule has 0 radical (unpaired) electrons. The van der Waals surface area contributed by atoms with Gasteiger partial charge in [-0.15, -0.1) is 0 Å². The van der Waals surface area contributed by atoms with E-state index in [9.17, 15) is 4.79 Å². The van der Waals surface area contributed by atoms with E-state index in [0.29, 0.717) is 24.6 Å². The summed E-state index contributed by atoms with van der Waals surface area (Å²) >= 11 is 0. The number of rotatable bonds is 5. The summed E-state index contributed by atoms with van der Waals surface area (Å²) < 4.78 is 5.27. The number of nitrogens with two attached hydrogens (primary N) is 1. The number of hydrogen-bond donors (Lipinski definition) is 2. The van der Waals surface area contributed by atoms with Gasteiger partial charge in [0.15, 0.2) is 5.76 Å². The molecule has 0 bridgehead atoms. The maximum atomic E-state index is 11.7. The fourth-order valence-electron chi connectivity index (χ4n) is 2.03. The third kappa shape index (κ3) is 3.31. The van der Waals surface area contributed by atoms with E-state index in [1.54, 1.807) is 12.1 Å². The molecule has 17 heavy (non-hydrogen) atoms. The molecule has 0 saturated carbocycles. The highest BCUT2D eigenvalue weighted by atomic mass is 16.4. The summed E-state index contributed by atoms with van der Waals surface area (Å²) in [4.78, 5) is 14.0. The average molecular weight is 237 g/mol. The largest absolute Gasteiger partial charge is 0.455 e. The Hall–Kier alpha value is -1.33. The van der Waals surface area contributed by atoms with Gasteiger partial charge < -0.3 is 20.4 Å². The number of carbonyl (C=O) groups is 1. The lowest BCUT2D eigenvalue weighted by atomic mass is 10.4. The van der Waals surface area contributed by atoms with Crippen molar-refractivity contribution in [3.63, 3.8) is 0 Å². The van der Waals surface area contributed by atoms with Gasteiger partial charge >= 0.3 is 0 Å². The summed E-state index contributed by atoms with van der Waals surface area (Å²) in [5.41, 5.74) is 5.41. The molecule has 0 spiro atoms. The Balaban J connectivity index is 1.72. The van der Waals surface area contributed by atoms with Crippen LogP contribution < -0.4 is 11.1 Å². The molecule has 5 heteroatoms. The van der Waals surface area contributed by atoms with Gasteiger partial charge in [-0.1, -0.05) is 0 Å². The Labute approximate surface area is 101 Å². The van der Waals surface area contributed by atoms with Crippen LogP contribution in [0.5, 0.6) is 0 Å². The Morgan fingerprint density at radius 1 is 1.41 bits per heavy atom. The smallest absolute Gasteiger partial charge is 0.287 e. The third-order valence-corrected chi connectivity index (χ3v) is 3.00. The molecule has 2 heterocycles. The van der Waals surface area contributed by atoms with Crippen molar-refractivity contribution < 1.29 is 9.21 Å². The second-order valence-electron chi connectivity index (χ2n) is 4.27. The fraction of sp³-hybridized carbons (Fsp3) is 0.583. The standard InChI is InChI=1S/C12H19N3O2/c13-9-10-3-4-11(17-10)12(16)14-5-8-15-6-1-2-7-15/h3-4H,1-2,5-9,13H2,(H,14,16). The monoisotopic (exact) mass is 237 g/mol. The highest BCUT2D eigenvalue weighted by molar-refractivity contribution is 5.91. The lowest BCUT2D eigenvalue weighted by Crippen LogP contribution is -2.33. The van der Waals surface area contributed by atoms with Gasteiger partial charge in [0.05, 0.1) is 6.54 Å². The van der Waals surface area contributed by atoms with E-state index < -0.39 is 0 Å². The zero-order valence-electron chi connectivity index (χ0n) is 9.95. The van der Waals surface area contributed by atoms with E-state index in [1.807, 2.05) is 0 Å². The highest BCUT2D eigenvalue weighted by Crippen LogP contribution is 2.07. The van der Waals surface area contributed by atoms with Crippen molar-refractivity contribution in [2.45, 2.75) is 19.4 Å². The summed E-state index contributed by atoms with van der Waals surface area (Å²) in [7, 11) is 0. The van der Waals surface area contributed by atoms with Crippen LogP contribution in [0.15, 0.2) is 16.5 Å². The van der Waals surface area contributed by atoms with Gasteiger partial charge in [-0.05, 0) is 38.1 Å². The molecule has 1 fully saturated rings. The number of amides is 1. The minimum Gasteiger partial charge on any atom is -0.455 e. The van der Waals surface area contributed by atoms with Crippen molar-refractivity contribution in [2.24, 2.45) is 5.73 Å². The van der Waals surface area contributed by atoms with Crippen molar-refractivity contribution in [3.8, 4) is 0 Å². The maximum Gasteiger partial charge on any atom is 0.287 e. The maximum absolute atomic E-state index is 11.7. The lowest BCUT2D eigenvalue weighted by Gasteiger charge is -2.14. The van der Waals surface area contributed by atoms with Gasteiger partial charge in [0.25, 0.3) is 5.91 Å². The lowest BCUT2D eigenvalue weighted by molar-refractivity contribution is 0.0920. The summed E-state index contributed by atoms with van der Waals surface area (Å²) in [5, 5.41) is 2.85. The molecule has 0 aromatic carbocycles. The number of nitrogens with one attached hydrogen (secondary N) is 1. The quantitative estimate of drug-likeness (QED) is 0.785. The SMILES string of the molecule is NCc1ccc(C(=O)NCCN2CCCC2)o1. The molecule has 1 aromatic rings. The second-order valence-corrected chi connectivity index (χ2v) is 4.27. The molecular weight excluding hydrogens is 218 g/mol. The second kappa shape index (κ2) is 5.84. The molecule has 1 aliphatic heterocycles. The van der Waals surface area contributed by atoms with E-state index in [1.165, 1.54) is 12.8 Å². The fourth-order valence-corrected chi connectivity index (χ4v) is 2.03. The van der Waals surface area contributed by atoms with Gasteiger partial charge in [-0.25, -0.2) is 0 Å². The Morgan fingerprint density at radius 3 is 2.82 bits per heavy atom. The number of likely N-dealkylation sites (tertiary alicyclic amines) is 1. The molecule has 94 valence electrons. The van der Waals surface area contributed by atoms with Crippen LogP contribution in [0, 0.1) is 0 Å². The molecule has 1 saturated heterocycles. The van der Waals surface area contributed by atoms with Gasteiger partial charge in [0.2, 0.25) is 0 Å². The van der Waals surface area contributed by atoms with E-state index in [2.05, 4.69) is 10.2 Å². The van der Waals surface area contributed by atoms with E-state index >= 15 is 0 Å². The Morgan fingerprint density at radius 2 is 2.18 bits per heavy atom. The van der Waals surface area contributed by atoms with Crippen molar-refractivity contribution in [2.75, 3.05) is 26.2 Å². The average Bonchev–Trinajstić information content (AvgIpc) is 2.99. The number of furan rings is 1. The molecule has 3 N–H and O–H groups in total. The Bertz CT molecular complexity index is 370. The van der Waals surface area contributed by atoms with E-state index in [-0.39, 0.29) is 5.91 Å². The molecule has 0 unspecified atom stereocenters. The zero-order valence-corrected chi connectivity index (χ0v) is 9.95. The van der Waals surface area contributed by atoms with Crippen LogP contribution in [0.2, 0.25) is 0 Å². The zero-order chi connectivity index (χ0) is 12.1. The summed E-state index contributed by atoms with van der Waals surface area (Å²) in [6, 6.07) is 3.39. The predicted molar refractivity (Wildman–Crippen MR) is 64.6 cm³/mol. The first-order valence-corrected chi connectivity index (χ1v) is 6.09. The first-order chi connectivity index (χ1) is 8.29. The van der Waals surface area contributed by atoms with Crippen LogP contribution in [-0.4, -0.2) is 37.0 Å². The first kappa shape index (κ1) is 12.1. The third-order valence-electron chi connectivity index (χ3n) is 3.00. The van der Waals surface area contributed by atoms with Crippen molar-refractivity contribution in [1.29, 1.82) is 0 Å². The normalized spacial score (nSPS) is 16.3. The van der Waals surface area contributed by atoms with Crippen LogP contribution in [0.25, 0.3) is 0 Å². The molecule has 1 aliphatic rings. The summed E-state index contributed by atoms with van der Waals surface area (Å²) in [6.45, 7) is 4.19. The summed E-state index contributed by atoms with van der Waals surface area (Å²) in [6.07, 6.45) is 2.54. The molecule has 0 aliphatic carbocycles. The van der Waals surface area contributed by atoms with Crippen molar-refractivity contribution >= 4 is 5.91 Å². The topological polar surface area (TPSA) is 71.5 Å². The predicted octanol–water partition coefficient (Wildman–Crippen LogP) is 0.564. The van der Waals surface area contributed by atoms with E-state index in [4.69, 9.17) is 10.2 Å². The van der Waals surface area contributed by atoms with Crippen LogP contribution in [0.1, 0.15) is 29.2 Å². The number of carbonyl (C=O) groups excluding carboxylic acids is 1. The van der Waals surface area contributed by atoms with Crippen molar-refractivity contribution in [3.05, 3.63) is 23.7 Å². The minimum atomic E-state index is -0.163. The first-order valence-electron chi connectivity index (χ1n) is 6.09. The molecule has 1 amide bonds. The van der Waals surface area contributed by atoms with Crippen LogP contribution in [0.4, 0.5) is 0 Å². The molecule has 5 nitrogen and oxygen atoms in total. The van der Waals surface area contributed by atoms with Gasteiger partial charge in [0.1, 0.15) is 5.76 Å². The van der Waals surface area contributed by atoms with Gasteiger partial charge in [0, 0.05) is 13.1 Å². The number of nitrogens with zero attached hydrogens (tertiary/aromatic N) is 1. The summed E-state index contributed by atoms with van der Waals surface area (Å²) in [5.74, 6) is 0.811. The van der Waals surface area contributed by atoms with E-state index in [0.717, 1.165) is 19.6 Å². The highest BCUT2D eigenvalue weighted by Gasteiger charge is 2.13. The van der Waals surface area contributed by atoms with Crippen molar-refractivity contribution in [1.82, 2.24) is 10.2 Å². The van der Waals surface area contributed by atoms with Crippen LogP contribution in [0.3, 0.4) is 0 Å². The van der Waals surface area contributed by atoms with Crippen LogP contribution >= 0.6 is 0 Å². The van der Waals surface area contributed by atoms with Gasteiger partial charge in [-0.3, -0.25) is 4.79 Å². The van der Waals surface area contributed by atoms with Crippen LogP contribution in [-0.2, 0) is 6.54 Å². The Kier molecular flexibility index (Phi) is 4.17. The minimum absolute atomic E-state index is 0.163. The molecule has 2 rings (SSSR count). The molecule has 1 aromatic heterocycles.